The van der Waals surface area contributed by atoms with E-state index in [0.29, 0.717) is 12.8 Å². The molecule has 0 amide bonds. The van der Waals surface area contributed by atoms with Crippen molar-refractivity contribution < 1.29 is 33.3 Å². The first kappa shape index (κ1) is 22.7. The lowest BCUT2D eigenvalue weighted by Crippen LogP contribution is -2.44. The maximum Gasteiger partial charge on any atom is 0.490 e. The molecule has 0 aromatic heterocycles. The van der Waals surface area contributed by atoms with Crippen molar-refractivity contribution in [2.45, 2.75) is 37.3 Å². The van der Waals surface area contributed by atoms with Gasteiger partial charge < -0.3 is 21.1 Å². The number of rotatable bonds is 7. The average molecular weight is 369 g/mol. The van der Waals surface area contributed by atoms with E-state index in [1.165, 1.54) is 0 Å². The second kappa shape index (κ2) is 11.3. The van der Waals surface area contributed by atoms with Crippen LogP contribution in [0.1, 0.15) is 12.0 Å². The summed E-state index contributed by atoms with van der Waals surface area (Å²) >= 11 is 1.65. The van der Waals surface area contributed by atoms with E-state index in [4.69, 9.17) is 15.6 Å². The third kappa shape index (κ3) is 9.76. The lowest BCUT2D eigenvalue weighted by Gasteiger charge is -2.23. The minimum atomic E-state index is -5.08. The van der Waals surface area contributed by atoms with Crippen molar-refractivity contribution in [3.63, 3.8) is 0 Å². The fourth-order valence-electron chi connectivity index (χ4n) is 1.70. The van der Waals surface area contributed by atoms with Gasteiger partial charge in [-0.25, -0.2) is 4.79 Å². The zero-order chi connectivity index (χ0) is 18.8. The third-order valence-corrected chi connectivity index (χ3v) is 3.65. The Morgan fingerprint density at radius 2 is 1.75 bits per heavy atom. The molecule has 9 heteroatoms. The average Bonchev–Trinajstić information content (AvgIpc) is 2.52. The number of aliphatic hydroxyl groups excluding tert-OH is 2. The van der Waals surface area contributed by atoms with Gasteiger partial charge in [0, 0.05) is 6.04 Å². The van der Waals surface area contributed by atoms with E-state index in [-0.39, 0.29) is 0 Å². The number of alkyl halides is 3. The van der Waals surface area contributed by atoms with Gasteiger partial charge in [0.2, 0.25) is 0 Å². The van der Waals surface area contributed by atoms with Crippen LogP contribution in [0, 0.1) is 0 Å². The van der Waals surface area contributed by atoms with Gasteiger partial charge in [0.1, 0.15) is 0 Å². The van der Waals surface area contributed by atoms with Crippen LogP contribution in [0.4, 0.5) is 13.2 Å². The molecule has 5 nitrogen and oxygen atoms in total. The number of benzene rings is 1. The molecule has 0 radical (unpaired) electrons. The summed E-state index contributed by atoms with van der Waals surface area (Å²) in [6, 6.07) is 9.35. The number of halogens is 3. The summed E-state index contributed by atoms with van der Waals surface area (Å²) in [6.07, 6.45) is -3.55. The molecule has 0 aliphatic rings. The highest BCUT2D eigenvalue weighted by Gasteiger charge is 2.38. The number of carbonyl (C=O) groups is 1. The Labute approximate surface area is 142 Å². The number of nitrogens with two attached hydrogens (primary N) is 1. The molecule has 138 valence electrons. The zero-order valence-corrected chi connectivity index (χ0v) is 13.9. The molecular formula is C15H22F3NO4S. The number of carboxylic acid groups (broad SMARTS) is 1. The van der Waals surface area contributed by atoms with E-state index in [9.17, 15) is 23.4 Å². The van der Waals surface area contributed by atoms with Gasteiger partial charge in [-0.05, 0) is 30.4 Å². The molecule has 5 N–H and O–H groups in total. The first-order chi connectivity index (χ1) is 11.1. The highest BCUT2D eigenvalue weighted by molar-refractivity contribution is 7.98. The monoisotopic (exact) mass is 369 g/mol. The van der Waals surface area contributed by atoms with Gasteiger partial charge in [-0.1, -0.05) is 30.3 Å². The third-order valence-electron chi connectivity index (χ3n) is 3.01. The number of aliphatic carboxylic acids is 1. The summed E-state index contributed by atoms with van der Waals surface area (Å²) in [7, 11) is 0. The van der Waals surface area contributed by atoms with Crippen LogP contribution < -0.4 is 5.73 Å². The lowest BCUT2D eigenvalue weighted by molar-refractivity contribution is -0.192. The molecule has 0 unspecified atom stereocenters. The maximum absolute atomic E-state index is 10.6. The van der Waals surface area contributed by atoms with Crippen LogP contribution in [-0.4, -0.2) is 57.7 Å². The minimum Gasteiger partial charge on any atom is -0.475 e. The molecule has 0 aliphatic carbocycles. The van der Waals surface area contributed by atoms with E-state index in [1.807, 2.05) is 36.6 Å². The molecule has 1 aromatic carbocycles. The molecule has 0 spiro atoms. The van der Waals surface area contributed by atoms with Crippen molar-refractivity contribution in [3.8, 4) is 0 Å². The van der Waals surface area contributed by atoms with E-state index in [0.717, 1.165) is 11.3 Å². The molecule has 0 heterocycles. The van der Waals surface area contributed by atoms with Crippen molar-refractivity contribution >= 4 is 17.7 Å². The molecule has 0 saturated heterocycles. The Morgan fingerprint density at radius 3 is 2.17 bits per heavy atom. The summed E-state index contributed by atoms with van der Waals surface area (Å²) in [5.74, 6) is -1.93. The Kier molecular flexibility index (Phi) is 10.7. The standard InChI is InChI=1S/C13H21NO2S.C2HF3O2/c1-17-8-7-12(15)13(16)11(14)9-10-5-3-2-4-6-10;3-2(4,5)1(6)7/h2-6,11-13,15-16H,7-9,14H2,1H3;(H,6,7)/t11-,12+,13+;/m0./s1. The second-order valence-corrected chi connectivity index (χ2v) is 5.98. The fourth-order valence-corrected chi connectivity index (χ4v) is 2.18. The van der Waals surface area contributed by atoms with Crippen molar-refractivity contribution in [3.05, 3.63) is 35.9 Å². The molecular weight excluding hydrogens is 347 g/mol. The number of hydrogen-bond acceptors (Lipinski definition) is 5. The summed E-state index contributed by atoms with van der Waals surface area (Å²) in [5, 5.41) is 26.8. The largest absolute Gasteiger partial charge is 0.490 e. The number of thioether (sulfide) groups is 1. The van der Waals surface area contributed by atoms with Crippen molar-refractivity contribution in [1.29, 1.82) is 0 Å². The molecule has 0 aliphatic heterocycles. The predicted molar refractivity (Wildman–Crippen MR) is 86.8 cm³/mol. The van der Waals surface area contributed by atoms with Crippen LogP contribution in [0.2, 0.25) is 0 Å². The van der Waals surface area contributed by atoms with Gasteiger partial charge in [0.15, 0.2) is 0 Å². The molecule has 24 heavy (non-hydrogen) atoms. The van der Waals surface area contributed by atoms with Crippen molar-refractivity contribution in [1.82, 2.24) is 0 Å². The van der Waals surface area contributed by atoms with Gasteiger partial charge in [0.25, 0.3) is 0 Å². The summed E-state index contributed by atoms with van der Waals surface area (Å²) < 4.78 is 31.7. The van der Waals surface area contributed by atoms with Crippen LogP contribution in [-0.2, 0) is 11.2 Å². The summed E-state index contributed by atoms with van der Waals surface area (Å²) in [6.45, 7) is 0. The van der Waals surface area contributed by atoms with Crippen molar-refractivity contribution in [2.24, 2.45) is 5.73 Å². The minimum absolute atomic E-state index is 0.422. The Morgan fingerprint density at radius 1 is 1.25 bits per heavy atom. The fraction of sp³-hybridized carbons (Fsp3) is 0.533. The smallest absolute Gasteiger partial charge is 0.475 e. The first-order valence-corrected chi connectivity index (χ1v) is 8.43. The van der Waals surface area contributed by atoms with Crippen LogP contribution in [0.5, 0.6) is 0 Å². The molecule has 0 saturated carbocycles. The number of carboxylic acids is 1. The van der Waals surface area contributed by atoms with Gasteiger partial charge in [-0.2, -0.15) is 24.9 Å². The first-order valence-electron chi connectivity index (χ1n) is 7.04. The second-order valence-electron chi connectivity index (χ2n) is 5.00. The molecule has 0 fully saturated rings. The topological polar surface area (TPSA) is 104 Å². The highest BCUT2D eigenvalue weighted by Crippen LogP contribution is 2.13. The highest BCUT2D eigenvalue weighted by atomic mass is 32.2. The molecule has 1 aromatic rings. The Hall–Kier alpha value is -1.29. The SMILES string of the molecule is CSCC[C@@H](O)[C@H](O)[C@@H](N)Cc1ccccc1.O=C(O)C(F)(F)F. The maximum atomic E-state index is 10.6. The van der Waals surface area contributed by atoms with E-state index >= 15 is 0 Å². The molecule has 3 atom stereocenters. The van der Waals surface area contributed by atoms with Gasteiger partial charge in [-0.15, -0.1) is 0 Å². The van der Waals surface area contributed by atoms with Gasteiger partial charge in [-0.3, -0.25) is 0 Å². The quantitative estimate of drug-likeness (QED) is 0.583. The predicted octanol–water partition coefficient (Wildman–Crippen LogP) is 1.66. The van der Waals surface area contributed by atoms with Crippen LogP contribution >= 0.6 is 11.8 Å². The normalized spacial score (nSPS) is 15.0. The van der Waals surface area contributed by atoms with Crippen LogP contribution in [0.25, 0.3) is 0 Å². The van der Waals surface area contributed by atoms with Crippen LogP contribution in [0.15, 0.2) is 30.3 Å². The van der Waals surface area contributed by atoms with Gasteiger partial charge >= 0.3 is 12.1 Å². The Balaban J connectivity index is 0.000000640. The summed E-state index contributed by atoms with van der Waals surface area (Å²) in [4.78, 5) is 8.90. The van der Waals surface area contributed by atoms with E-state index in [1.54, 1.807) is 11.8 Å². The lowest BCUT2D eigenvalue weighted by atomic mass is 9.97. The Bertz CT molecular complexity index is 474. The number of hydrogen-bond donors (Lipinski definition) is 4. The summed E-state index contributed by atoms with van der Waals surface area (Å²) in [5.41, 5.74) is 6.98. The van der Waals surface area contributed by atoms with Crippen molar-refractivity contribution in [2.75, 3.05) is 12.0 Å². The number of aliphatic hydroxyl groups is 2. The zero-order valence-electron chi connectivity index (χ0n) is 13.1. The molecule has 1 rings (SSSR count). The van der Waals surface area contributed by atoms with E-state index < -0.39 is 30.4 Å². The van der Waals surface area contributed by atoms with E-state index in [2.05, 4.69) is 0 Å². The molecule has 0 bridgehead atoms. The van der Waals surface area contributed by atoms with Crippen LogP contribution in [0.3, 0.4) is 0 Å². The van der Waals surface area contributed by atoms with Gasteiger partial charge in [0.05, 0.1) is 12.2 Å².